The molecule has 2 saturated heterocycles. The summed E-state index contributed by atoms with van der Waals surface area (Å²) in [5, 5.41) is 6.78. The van der Waals surface area contributed by atoms with Crippen LogP contribution in [0, 0.1) is 0 Å². The van der Waals surface area contributed by atoms with E-state index in [0.29, 0.717) is 37.6 Å². The number of carbonyl (C=O) groups is 1. The molecule has 0 bridgehead atoms. The van der Waals surface area contributed by atoms with Gasteiger partial charge in [0.05, 0.1) is 35.7 Å². The topological polar surface area (TPSA) is 109 Å². The van der Waals surface area contributed by atoms with Gasteiger partial charge in [-0.3, -0.25) is 9.78 Å². The third-order valence-electron chi connectivity index (χ3n) is 6.82. The van der Waals surface area contributed by atoms with Gasteiger partial charge in [0.1, 0.15) is 11.8 Å². The van der Waals surface area contributed by atoms with Crippen LogP contribution in [0.4, 0.5) is 11.5 Å². The first kappa shape index (κ1) is 26.0. The summed E-state index contributed by atoms with van der Waals surface area (Å²) < 4.78 is 10.9. The van der Waals surface area contributed by atoms with E-state index in [1.54, 1.807) is 18.5 Å². The summed E-state index contributed by atoms with van der Waals surface area (Å²) in [6.07, 6.45) is 6.50. The van der Waals surface area contributed by atoms with Crippen molar-refractivity contribution in [3.8, 4) is 11.3 Å². The molecule has 4 aromatic rings. The average molecular weight is 534 g/mol. The normalized spacial score (nSPS) is 17.7. The number of carbonyl (C=O) groups excluding carboxylic acids is 1. The summed E-state index contributed by atoms with van der Waals surface area (Å²) in [4.78, 5) is 30.7. The number of ether oxygens (including phenoxy) is 1. The summed E-state index contributed by atoms with van der Waals surface area (Å²) in [6, 6.07) is 12.1. The molecule has 11 heteroatoms. The predicted octanol–water partition coefficient (Wildman–Crippen LogP) is 2.76. The predicted molar refractivity (Wildman–Crippen MR) is 151 cm³/mol. The Labute approximate surface area is 227 Å². The van der Waals surface area contributed by atoms with Crippen molar-refractivity contribution in [2.45, 2.75) is 6.10 Å². The van der Waals surface area contributed by atoms with E-state index in [1.165, 1.54) is 12.5 Å². The van der Waals surface area contributed by atoms with Gasteiger partial charge in [0, 0.05) is 69.5 Å². The molecule has 2 N–H and O–H groups in total. The second kappa shape index (κ2) is 11.8. The summed E-state index contributed by atoms with van der Waals surface area (Å²) in [5.41, 5.74) is 5.10. The highest BCUT2D eigenvalue weighted by atomic mass is 32.1. The molecule has 6 rings (SSSR count). The molecule has 0 radical (unpaired) electrons. The molecule has 1 amide bonds. The highest BCUT2D eigenvalue weighted by molar-refractivity contribution is 7.59. The molecule has 1 aromatic carbocycles. The summed E-state index contributed by atoms with van der Waals surface area (Å²) in [7, 11) is 0. The van der Waals surface area contributed by atoms with Gasteiger partial charge in [-0.25, -0.2) is 9.97 Å². The van der Waals surface area contributed by atoms with Gasteiger partial charge >= 0.3 is 0 Å². The van der Waals surface area contributed by atoms with Crippen LogP contribution in [0.25, 0.3) is 22.3 Å². The quantitative estimate of drug-likeness (QED) is 0.387. The largest absolute Gasteiger partial charge is 0.472 e. The molecule has 0 saturated carbocycles. The number of hydrogen-bond donors (Lipinski definition) is 2. The maximum atomic E-state index is 12.6. The van der Waals surface area contributed by atoms with Crippen LogP contribution in [0.1, 0.15) is 10.4 Å². The van der Waals surface area contributed by atoms with Crippen molar-refractivity contribution in [3.63, 3.8) is 0 Å². The molecule has 1 unspecified atom stereocenters. The first-order valence-electron chi connectivity index (χ1n) is 12.6. The minimum atomic E-state index is 0. The number of amides is 1. The van der Waals surface area contributed by atoms with Crippen LogP contribution in [-0.4, -0.2) is 84.3 Å². The fourth-order valence-corrected chi connectivity index (χ4v) is 4.78. The molecule has 0 spiro atoms. The Balaban J connectivity index is 0.00000294. The van der Waals surface area contributed by atoms with Crippen LogP contribution < -0.4 is 15.5 Å². The van der Waals surface area contributed by atoms with E-state index in [2.05, 4.69) is 49.8 Å². The highest BCUT2D eigenvalue weighted by Crippen LogP contribution is 2.28. The van der Waals surface area contributed by atoms with Gasteiger partial charge < -0.3 is 29.6 Å². The van der Waals surface area contributed by atoms with Crippen LogP contribution in [-0.2, 0) is 4.74 Å². The van der Waals surface area contributed by atoms with Crippen molar-refractivity contribution >= 4 is 41.9 Å². The first-order valence-corrected chi connectivity index (χ1v) is 12.6. The first-order chi connectivity index (χ1) is 18.2. The SMILES string of the molecule is O=C(c1ccoc1)N1CCN(c2ccc(-c3cc4nccnc4c(NCC4CNCCO4)n3)cc2)CC1.S. The third kappa shape index (κ3) is 5.59. The van der Waals surface area contributed by atoms with Crippen molar-refractivity contribution in [2.24, 2.45) is 0 Å². The average Bonchev–Trinajstić information content (AvgIpc) is 3.51. The molecule has 10 nitrogen and oxygen atoms in total. The summed E-state index contributed by atoms with van der Waals surface area (Å²) in [6.45, 7) is 5.94. The fourth-order valence-electron chi connectivity index (χ4n) is 4.78. The number of furan rings is 1. The van der Waals surface area contributed by atoms with E-state index in [-0.39, 0.29) is 25.5 Å². The Hall–Kier alpha value is -3.67. The second-order valence-electron chi connectivity index (χ2n) is 9.20. The maximum absolute atomic E-state index is 12.6. The zero-order chi connectivity index (χ0) is 25.0. The van der Waals surface area contributed by atoms with E-state index < -0.39 is 0 Å². The van der Waals surface area contributed by atoms with Crippen LogP contribution in [0.2, 0.25) is 0 Å². The fraction of sp³-hybridized carbons (Fsp3) is 0.333. The van der Waals surface area contributed by atoms with Gasteiger partial charge in [0.25, 0.3) is 5.91 Å². The number of nitrogens with one attached hydrogen (secondary N) is 2. The van der Waals surface area contributed by atoms with Crippen LogP contribution >= 0.6 is 13.5 Å². The number of fused-ring (bicyclic) bond motifs is 1. The molecule has 3 aromatic heterocycles. The molecule has 0 aliphatic carbocycles. The lowest BCUT2D eigenvalue weighted by Gasteiger charge is -2.36. The Morgan fingerprint density at radius 1 is 1.08 bits per heavy atom. The van der Waals surface area contributed by atoms with Gasteiger partial charge in [0.2, 0.25) is 0 Å². The van der Waals surface area contributed by atoms with Crippen molar-refractivity contribution in [1.82, 2.24) is 25.2 Å². The zero-order valence-electron chi connectivity index (χ0n) is 21.0. The minimum Gasteiger partial charge on any atom is -0.472 e. The van der Waals surface area contributed by atoms with Crippen LogP contribution in [0.15, 0.2) is 65.7 Å². The number of pyridine rings is 1. The van der Waals surface area contributed by atoms with Crippen molar-refractivity contribution in [2.75, 3.05) is 62.6 Å². The lowest BCUT2D eigenvalue weighted by molar-refractivity contribution is 0.0372. The number of morpholine rings is 1. The van der Waals surface area contributed by atoms with E-state index in [9.17, 15) is 4.79 Å². The standard InChI is InChI=1S/C27H29N7O3.H2S/c35-27(20-5-13-36-18-20)34-11-9-33(10-12-34)21-3-1-19(2-4-21)23-15-24-25(30-7-6-29-24)26(32-23)31-17-22-16-28-8-14-37-22;/h1-7,13,15,18,22,28H,8-12,14,16-17H2,(H,31,32);1H2. The molecule has 5 heterocycles. The van der Waals surface area contributed by atoms with Gasteiger partial charge in [0.15, 0.2) is 5.82 Å². The lowest BCUT2D eigenvalue weighted by Crippen LogP contribution is -2.48. The molecular formula is C27H31N7O3S. The lowest BCUT2D eigenvalue weighted by atomic mass is 10.1. The van der Waals surface area contributed by atoms with Crippen molar-refractivity contribution < 1.29 is 13.9 Å². The number of nitrogens with zero attached hydrogens (tertiary/aromatic N) is 5. The maximum Gasteiger partial charge on any atom is 0.257 e. The monoisotopic (exact) mass is 533 g/mol. The molecule has 1 atom stereocenters. The molecule has 2 fully saturated rings. The minimum absolute atomic E-state index is 0. The van der Waals surface area contributed by atoms with Gasteiger partial charge in [-0.2, -0.15) is 13.5 Å². The van der Waals surface area contributed by atoms with Gasteiger partial charge in [-0.15, -0.1) is 0 Å². The van der Waals surface area contributed by atoms with Gasteiger partial charge in [-0.1, -0.05) is 12.1 Å². The number of piperazine rings is 1. The van der Waals surface area contributed by atoms with Crippen molar-refractivity contribution in [3.05, 3.63) is 66.9 Å². The number of aromatic nitrogens is 3. The molecule has 2 aliphatic heterocycles. The number of benzene rings is 1. The highest BCUT2D eigenvalue weighted by Gasteiger charge is 2.23. The number of hydrogen-bond acceptors (Lipinski definition) is 9. The smallest absolute Gasteiger partial charge is 0.257 e. The third-order valence-corrected chi connectivity index (χ3v) is 6.82. The van der Waals surface area contributed by atoms with E-state index in [0.717, 1.165) is 54.2 Å². The Kier molecular flexibility index (Phi) is 8.06. The van der Waals surface area contributed by atoms with E-state index in [4.69, 9.17) is 14.1 Å². The van der Waals surface area contributed by atoms with Crippen LogP contribution in [0.5, 0.6) is 0 Å². The Morgan fingerprint density at radius 3 is 2.63 bits per heavy atom. The molecule has 38 heavy (non-hydrogen) atoms. The van der Waals surface area contributed by atoms with Crippen molar-refractivity contribution in [1.29, 1.82) is 0 Å². The Morgan fingerprint density at radius 2 is 1.89 bits per heavy atom. The van der Waals surface area contributed by atoms with E-state index in [1.807, 2.05) is 11.0 Å². The van der Waals surface area contributed by atoms with Gasteiger partial charge in [-0.05, 0) is 24.3 Å². The Bertz CT molecular complexity index is 1350. The number of anilines is 2. The van der Waals surface area contributed by atoms with Crippen LogP contribution in [0.3, 0.4) is 0 Å². The summed E-state index contributed by atoms with van der Waals surface area (Å²) >= 11 is 0. The molecular weight excluding hydrogens is 502 g/mol. The molecule has 198 valence electrons. The zero-order valence-corrected chi connectivity index (χ0v) is 22.0. The number of rotatable bonds is 6. The second-order valence-corrected chi connectivity index (χ2v) is 9.20. The van der Waals surface area contributed by atoms with E-state index >= 15 is 0 Å². The summed E-state index contributed by atoms with van der Waals surface area (Å²) in [5.74, 6) is 0.724. The molecule has 2 aliphatic rings.